The molecular weight excluding hydrogens is 372 g/mol. The van der Waals surface area contributed by atoms with Gasteiger partial charge in [0.25, 0.3) is 5.91 Å². The predicted molar refractivity (Wildman–Crippen MR) is 108 cm³/mol. The van der Waals surface area contributed by atoms with Crippen molar-refractivity contribution in [3.63, 3.8) is 0 Å². The number of nitrogens with zero attached hydrogens (tertiary/aromatic N) is 5. The Hall–Kier alpha value is -3.43. The summed E-state index contributed by atoms with van der Waals surface area (Å²) in [7, 11) is 0. The van der Waals surface area contributed by atoms with Gasteiger partial charge in [-0.2, -0.15) is 10.1 Å². The van der Waals surface area contributed by atoms with E-state index in [-0.39, 0.29) is 17.5 Å². The summed E-state index contributed by atoms with van der Waals surface area (Å²) in [6.07, 6.45) is 10.3. The summed E-state index contributed by atoms with van der Waals surface area (Å²) < 4.78 is 1.85. The fourth-order valence-electron chi connectivity index (χ4n) is 3.38. The zero-order chi connectivity index (χ0) is 20.4. The van der Waals surface area contributed by atoms with Gasteiger partial charge in [0.15, 0.2) is 0 Å². The molecule has 2 aliphatic rings. The lowest BCUT2D eigenvalue weighted by molar-refractivity contribution is -0.127. The van der Waals surface area contributed by atoms with E-state index in [1.54, 1.807) is 11.1 Å². The van der Waals surface area contributed by atoms with E-state index in [1.165, 1.54) is 12.3 Å². The number of amides is 2. The highest BCUT2D eigenvalue weighted by Gasteiger charge is 2.25. The highest BCUT2D eigenvalue weighted by atomic mass is 16.2. The maximum atomic E-state index is 11.9. The van der Waals surface area contributed by atoms with Gasteiger partial charge in [-0.15, -0.1) is 0 Å². The molecule has 2 amide bonds. The minimum absolute atomic E-state index is 0.0566. The highest BCUT2D eigenvalue weighted by Crippen LogP contribution is 2.27. The Morgan fingerprint density at radius 2 is 2.10 bits per heavy atom. The number of carbonyl (C=O) groups excluding carboxylic acids is 2. The van der Waals surface area contributed by atoms with Crippen LogP contribution >= 0.6 is 0 Å². The average Bonchev–Trinajstić information content (AvgIpc) is 3.42. The van der Waals surface area contributed by atoms with E-state index >= 15 is 0 Å². The van der Waals surface area contributed by atoms with Gasteiger partial charge in [0.1, 0.15) is 5.82 Å². The van der Waals surface area contributed by atoms with Crippen molar-refractivity contribution in [3.8, 4) is 0 Å². The molecule has 4 rings (SSSR count). The number of aromatic nitrogens is 4. The summed E-state index contributed by atoms with van der Waals surface area (Å²) in [6, 6.07) is 0.430. The van der Waals surface area contributed by atoms with Gasteiger partial charge in [-0.25, -0.2) is 4.98 Å². The van der Waals surface area contributed by atoms with Crippen LogP contribution in [0.15, 0.2) is 31.2 Å². The van der Waals surface area contributed by atoms with Crippen LogP contribution < -0.4 is 16.4 Å². The number of hydrogen-bond acceptors (Lipinski definition) is 7. The predicted octanol–water partition coefficient (Wildman–Crippen LogP) is 1.44. The van der Waals surface area contributed by atoms with Crippen LogP contribution in [0.25, 0.3) is 0 Å². The van der Waals surface area contributed by atoms with Gasteiger partial charge in [0.05, 0.1) is 23.5 Å². The Morgan fingerprint density at radius 3 is 2.83 bits per heavy atom. The van der Waals surface area contributed by atoms with E-state index < -0.39 is 5.91 Å². The first-order chi connectivity index (χ1) is 14.0. The first-order valence-electron chi connectivity index (χ1n) is 9.69. The minimum atomic E-state index is -0.566. The molecule has 4 N–H and O–H groups in total. The van der Waals surface area contributed by atoms with Crippen LogP contribution in [0.5, 0.6) is 0 Å². The van der Waals surface area contributed by atoms with Gasteiger partial charge in [0, 0.05) is 31.5 Å². The first kappa shape index (κ1) is 18.9. The van der Waals surface area contributed by atoms with Gasteiger partial charge >= 0.3 is 0 Å². The normalized spacial score (nSPS) is 18.9. The lowest BCUT2D eigenvalue weighted by Crippen LogP contribution is -2.39. The second-order valence-corrected chi connectivity index (χ2v) is 7.36. The van der Waals surface area contributed by atoms with Crippen LogP contribution in [0.1, 0.15) is 42.1 Å². The third-order valence-electron chi connectivity index (χ3n) is 5.09. The first-order valence-corrected chi connectivity index (χ1v) is 9.69. The largest absolute Gasteiger partial charge is 0.367 e. The number of anilines is 3. The molecule has 10 nitrogen and oxygen atoms in total. The molecule has 10 heteroatoms. The number of likely N-dealkylation sites (tertiary alicyclic amines) is 1. The molecule has 0 unspecified atom stereocenters. The van der Waals surface area contributed by atoms with Crippen LogP contribution in [0.2, 0.25) is 0 Å². The Morgan fingerprint density at radius 1 is 1.28 bits per heavy atom. The second-order valence-electron chi connectivity index (χ2n) is 7.36. The molecule has 1 saturated heterocycles. The minimum Gasteiger partial charge on any atom is -0.367 e. The van der Waals surface area contributed by atoms with E-state index in [9.17, 15) is 9.59 Å². The van der Waals surface area contributed by atoms with Crippen molar-refractivity contribution in [1.82, 2.24) is 24.6 Å². The average molecular weight is 396 g/mol. The number of piperidine rings is 1. The molecule has 2 aromatic heterocycles. The van der Waals surface area contributed by atoms with E-state index in [4.69, 9.17) is 5.73 Å². The Labute approximate surface area is 168 Å². The molecule has 2 fully saturated rings. The molecular formula is C19H24N8O2. The number of carbonyl (C=O) groups is 2. The van der Waals surface area contributed by atoms with E-state index in [1.807, 2.05) is 10.9 Å². The van der Waals surface area contributed by atoms with Gasteiger partial charge in [0.2, 0.25) is 11.9 Å². The summed E-state index contributed by atoms with van der Waals surface area (Å²) in [6.45, 7) is 4.90. The van der Waals surface area contributed by atoms with Crippen LogP contribution in [0, 0.1) is 0 Å². The Kier molecular flexibility index (Phi) is 5.15. The van der Waals surface area contributed by atoms with E-state index in [0.717, 1.165) is 37.9 Å². The lowest BCUT2D eigenvalue weighted by Gasteiger charge is -2.32. The zero-order valence-electron chi connectivity index (χ0n) is 16.0. The summed E-state index contributed by atoms with van der Waals surface area (Å²) in [5.74, 6) is 0.169. The number of hydrogen-bond donors (Lipinski definition) is 3. The fourth-order valence-corrected chi connectivity index (χ4v) is 3.38. The summed E-state index contributed by atoms with van der Waals surface area (Å²) >= 11 is 0. The highest BCUT2D eigenvalue weighted by molar-refractivity contribution is 5.97. The fraction of sp³-hybridized carbons (Fsp3) is 0.421. The van der Waals surface area contributed by atoms with Crippen molar-refractivity contribution in [2.24, 2.45) is 5.73 Å². The monoisotopic (exact) mass is 396 g/mol. The summed E-state index contributed by atoms with van der Waals surface area (Å²) in [4.78, 5) is 33.9. The van der Waals surface area contributed by atoms with Gasteiger partial charge in [-0.05, 0) is 31.8 Å². The molecule has 0 aromatic carbocycles. The smallest absolute Gasteiger partial charge is 0.254 e. The van der Waals surface area contributed by atoms with Crippen molar-refractivity contribution in [3.05, 3.63) is 36.8 Å². The summed E-state index contributed by atoms with van der Waals surface area (Å²) in [5, 5.41) is 10.8. The molecule has 0 spiro atoms. The lowest BCUT2D eigenvalue weighted by atomic mass is 10.1. The molecule has 29 heavy (non-hydrogen) atoms. The van der Waals surface area contributed by atoms with Gasteiger partial charge < -0.3 is 21.3 Å². The maximum absolute atomic E-state index is 11.9. The Balaban J connectivity index is 1.47. The van der Waals surface area contributed by atoms with Crippen LogP contribution in [-0.2, 0) is 4.79 Å². The topological polar surface area (TPSA) is 131 Å². The second kappa shape index (κ2) is 7.90. The number of nitrogens with one attached hydrogen (secondary N) is 2. The van der Waals surface area contributed by atoms with Crippen molar-refractivity contribution in [2.75, 3.05) is 23.7 Å². The van der Waals surface area contributed by atoms with Crippen molar-refractivity contribution >= 4 is 29.3 Å². The maximum Gasteiger partial charge on any atom is 0.254 e. The molecule has 1 saturated carbocycles. The molecule has 152 valence electrons. The molecule has 1 aliphatic heterocycles. The van der Waals surface area contributed by atoms with E-state index in [2.05, 4.69) is 32.3 Å². The third-order valence-corrected chi connectivity index (χ3v) is 5.09. The van der Waals surface area contributed by atoms with Gasteiger partial charge in [-0.1, -0.05) is 6.58 Å². The van der Waals surface area contributed by atoms with Crippen molar-refractivity contribution < 1.29 is 9.59 Å². The molecule has 3 heterocycles. The molecule has 2 aromatic rings. The number of rotatable bonds is 7. The summed E-state index contributed by atoms with van der Waals surface area (Å²) in [5.41, 5.74) is 6.41. The van der Waals surface area contributed by atoms with E-state index in [0.29, 0.717) is 24.4 Å². The van der Waals surface area contributed by atoms with Gasteiger partial charge in [-0.3, -0.25) is 14.3 Å². The Bertz CT molecular complexity index is 936. The number of primary amides is 1. The molecule has 1 atom stereocenters. The van der Waals surface area contributed by atoms with Crippen LogP contribution in [0.4, 0.5) is 17.5 Å². The SMILES string of the molecule is C=CC(=O)N1CCC[C@@H](n2cc(Nc3ncc(C(N)=O)c(NC4CC4)n3)cn2)C1. The van der Waals surface area contributed by atoms with Crippen molar-refractivity contribution in [1.29, 1.82) is 0 Å². The van der Waals surface area contributed by atoms with Crippen LogP contribution in [0.3, 0.4) is 0 Å². The zero-order valence-corrected chi connectivity index (χ0v) is 16.0. The quantitative estimate of drug-likeness (QED) is 0.604. The molecule has 0 radical (unpaired) electrons. The third kappa shape index (κ3) is 4.36. The standard InChI is InChI=1S/C19H24N8O2/c1-2-16(28)26-7-3-4-14(11-26)27-10-13(8-22-27)24-19-21-9-15(17(20)29)18(25-19)23-12-5-6-12/h2,8-10,12,14H,1,3-7,11H2,(H2,20,29)(H2,21,23,24,25)/t14-/m1/s1. The van der Waals surface area contributed by atoms with Crippen LogP contribution in [-0.4, -0.2) is 55.6 Å². The molecule has 0 bridgehead atoms. The number of nitrogens with two attached hydrogens (primary N) is 1. The molecule has 1 aliphatic carbocycles. The van der Waals surface area contributed by atoms with Crippen molar-refractivity contribution in [2.45, 2.75) is 37.8 Å².